The Morgan fingerprint density at radius 2 is 1.75 bits per heavy atom. The molecule has 0 saturated heterocycles. The third-order valence-electron chi connectivity index (χ3n) is 4.31. The van der Waals surface area contributed by atoms with Crippen molar-refractivity contribution in [3.8, 4) is 11.4 Å². The average Bonchev–Trinajstić information content (AvgIpc) is 3.27. The predicted molar refractivity (Wildman–Crippen MR) is 96.7 cm³/mol. The van der Waals surface area contributed by atoms with Crippen LogP contribution in [0.4, 0.5) is 5.82 Å². The number of nitrogens with two attached hydrogens (primary N) is 1. The SMILES string of the molecule is COC(=O)c1ccn(-c2ccc(-n3c(N)c4c(cc3=O)C(=O)NC4=O)cc2)n1. The number of pyridine rings is 1. The normalized spacial score (nSPS) is 12.6. The van der Waals surface area contributed by atoms with Crippen molar-refractivity contribution in [2.75, 3.05) is 12.8 Å². The number of amides is 2. The largest absolute Gasteiger partial charge is 0.464 e. The van der Waals surface area contributed by atoms with Gasteiger partial charge in [-0.1, -0.05) is 0 Å². The van der Waals surface area contributed by atoms with E-state index in [0.717, 1.165) is 10.6 Å². The van der Waals surface area contributed by atoms with Crippen molar-refractivity contribution in [3.05, 3.63) is 69.8 Å². The number of esters is 1. The first kappa shape index (κ1) is 17.2. The minimum Gasteiger partial charge on any atom is -0.464 e. The lowest BCUT2D eigenvalue weighted by Gasteiger charge is -2.12. The standard InChI is InChI=1S/C18H13N5O5/c1-28-18(27)12-6-7-22(21-12)9-2-4-10(5-3-9)23-13(24)8-11-14(15(23)19)17(26)20-16(11)25/h2-8H,19H2,1H3,(H,20,25,26). The van der Waals surface area contributed by atoms with E-state index in [0.29, 0.717) is 11.4 Å². The smallest absolute Gasteiger partial charge is 0.358 e. The van der Waals surface area contributed by atoms with Crippen LogP contribution in [0.25, 0.3) is 11.4 Å². The average molecular weight is 379 g/mol. The highest BCUT2D eigenvalue weighted by Crippen LogP contribution is 2.23. The van der Waals surface area contributed by atoms with E-state index in [4.69, 9.17) is 5.73 Å². The summed E-state index contributed by atoms with van der Waals surface area (Å²) >= 11 is 0. The van der Waals surface area contributed by atoms with Crippen molar-refractivity contribution >= 4 is 23.6 Å². The Balaban J connectivity index is 1.74. The molecule has 3 heterocycles. The Hall–Kier alpha value is -4.21. The van der Waals surface area contributed by atoms with Crippen LogP contribution >= 0.6 is 0 Å². The molecule has 1 aliphatic heterocycles. The number of rotatable bonds is 3. The van der Waals surface area contributed by atoms with Crippen LogP contribution in [0.5, 0.6) is 0 Å². The summed E-state index contributed by atoms with van der Waals surface area (Å²) in [5, 5.41) is 6.23. The maximum atomic E-state index is 12.4. The van der Waals surface area contributed by atoms with E-state index in [9.17, 15) is 19.2 Å². The molecule has 4 rings (SSSR count). The van der Waals surface area contributed by atoms with Gasteiger partial charge >= 0.3 is 5.97 Å². The van der Waals surface area contributed by atoms with Gasteiger partial charge in [0, 0.05) is 12.3 Å². The number of benzene rings is 1. The number of ether oxygens (including phenoxy) is 1. The third-order valence-corrected chi connectivity index (χ3v) is 4.31. The molecule has 0 saturated carbocycles. The molecule has 3 N–H and O–H groups in total. The number of anilines is 1. The van der Waals surface area contributed by atoms with Gasteiger partial charge in [-0.15, -0.1) is 0 Å². The van der Waals surface area contributed by atoms with E-state index >= 15 is 0 Å². The summed E-state index contributed by atoms with van der Waals surface area (Å²) in [7, 11) is 1.27. The summed E-state index contributed by atoms with van der Waals surface area (Å²) in [5.41, 5.74) is 6.58. The molecule has 2 amide bonds. The number of methoxy groups -OCH3 is 1. The zero-order valence-corrected chi connectivity index (χ0v) is 14.5. The zero-order chi connectivity index (χ0) is 20.0. The Morgan fingerprint density at radius 1 is 1.07 bits per heavy atom. The third kappa shape index (κ3) is 2.55. The second kappa shape index (κ2) is 6.20. The topological polar surface area (TPSA) is 138 Å². The van der Waals surface area contributed by atoms with Crippen LogP contribution in [0.2, 0.25) is 0 Å². The maximum absolute atomic E-state index is 12.4. The van der Waals surface area contributed by atoms with Gasteiger partial charge in [0.15, 0.2) is 5.69 Å². The molecular formula is C18H13N5O5. The molecule has 3 aromatic rings. The van der Waals surface area contributed by atoms with Crippen LogP contribution in [0.3, 0.4) is 0 Å². The Bertz CT molecular complexity index is 1210. The van der Waals surface area contributed by atoms with Crippen molar-refractivity contribution in [3.63, 3.8) is 0 Å². The molecule has 0 bridgehead atoms. The molecule has 0 spiro atoms. The monoisotopic (exact) mass is 379 g/mol. The van der Waals surface area contributed by atoms with Gasteiger partial charge < -0.3 is 10.5 Å². The molecule has 2 aromatic heterocycles. The number of hydrogen-bond donors (Lipinski definition) is 2. The van der Waals surface area contributed by atoms with Crippen molar-refractivity contribution in [1.82, 2.24) is 19.7 Å². The Labute approximate surface area is 157 Å². The van der Waals surface area contributed by atoms with Crippen LogP contribution in [-0.4, -0.2) is 39.2 Å². The van der Waals surface area contributed by atoms with Gasteiger partial charge in [-0.05, 0) is 30.3 Å². The molecule has 0 unspecified atom stereocenters. The summed E-state index contributed by atoms with van der Waals surface area (Å²) in [5.74, 6) is -1.97. The van der Waals surface area contributed by atoms with E-state index in [1.165, 1.54) is 17.9 Å². The highest BCUT2D eigenvalue weighted by atomic mass is 16.5. The molecule has 140 valence electrons. The van der Waals surface area contributed by atoms with Crippen LogP contribution in [0.1, 0.15) is 31.2 Å². The molecule has 0 atom stereocenters. The van der Waals surface area contributed by atoms with E-state index in [2.05, 4.69) is 15.2 Å². The lowest BCUT2D eigenvalue weighted by atomic mass is 10.1. The van der Waals surface area contributed by atoms with E-state index in [-0.39, 0.29) is 22.6 Å². The number of carbonyl (C=O) groups is 3. The van der Waals surface area contributed by atoms with E-state index in [1.807, 2.05) is 0 Å². The summed E-state index contributed by atoms with van der Waals surface area (Å²) < 4.78 is 7.23. The van der Waals surface area contributed by atoms with Gasteiger partial charge in [0.05, 0.1) is 29.6 Å². The summed E-state index contributed by atoms with van der Waals surface area (Å²) in [6.45, 7) is 0. The fourth-order valence-electron chi connectivity index (χ4n) is 2.98. The molecule has 0 radical (unpaired) electrons. The highest BCUT2D eigenvalue weighted by Gasteiger charge is 2.31. The van der Waals surface area contributed by atoms with Crippen molar-refractivity contribution in [2.24, 2.45) is 0 Å². The molecule has 10 heteroatoms. The molecule has 0 fully saturated rings. The first-order valence-corrected chi connectivity index (χ1v) is 8.06. The van der Waals surface area contributed by atoms with Crippen molar-refractivity contribution in [2.45, 2.75) is 0 Å². The van der Waals surface area contributed by atoms with Gasteiger partial charge in [0.25, 0.3) is 17.4 Å². The van der Waals surface area contributed by atoms with Gasteiger partial charge in [0.2, 0.25) is 0 Å². The molecule has 1 aliphatic rings. The van der Waals surface area contributed by atoms with Crippen LogP contribution in [0.15, 0.2) is 47.4 Å². The van der Waals surface area contributed by atoms with Crippen LogP contribution in [-0.2, 0) is 4.74 Å². The minimum atomic E-state index is -0.647. The highest BCUT2D eigenvalue weighted by molar-refractivity contribution is 6.23. The number of nitrogens with zero attached hydrogens (tertiary/aromatic N) is 3. The second-order valence-corrected chi connectivity index (χ2v) is 5.93. The number of aromatic nitrogens is 3. The molecule has 10 nitrogen and oxygen atoms in total. The quantitative estimate of drug-likeness (QED) is 0.492. The summed E-state index contributed by atoms with van der Waals surface area (Å²) in [6.07, 6.45) is 1.59. The molecule has 1 aromatic carbocycles. The number of hydrogen-bond acceptors (Lipinski definition) is 7. The van der Waals surface area contributed by atoms with Crippen molar-refractivity contribution in [1.29, 1.82) is 0 Å². The fourth-order valence-corrected chi connectivity index (χ4v) is 2.98. The number of imide groups is 1. The minimum absolute atomic E-state index is 0.0246. The van der Waals surface area contributed by atoms with Gasteiger partial charge in [-0.25, -0.2) is 9.48 Å². The summed E-state index contributed by atoms with van der Waals surface area (Å²) in [6, 6.07) is 9.12. The predicted octanol–water partition coefficient (Wildman–Crippen LogP) is 0.276. The fraction of sp³-hybridized carbons (Fsp3) is 0.0556. The van der Waals surface area contributed by atoms with Crippen molar-refractivity contribution < 1.29 is 19.1 Å². The van der Waals surface area contributed by atoms with Gasteiger partial charge in [-0.3, -0.25) is 24.3 Å². The lowest BCUT2D eigenvalue weighted by Crippen LogP contribution is -2.24. The van der Waals surface area contributed by atoms with Crippen LogP contribution < -0.4 is 16.6 Å². The van der Waals surface area contributed by atoms with E-state index in [1.54, 1.807) is 30.5 Å². The Kier molecular flexibility index (Phi) is 3.81. The summed E-state index contributed by atoms with van der Waals surface area (Å²) in [4.78, 5) is 47.6. The van der Waals surface area contributed by atoms with Gasteiger partial charge in [0.1, 0.15) is 5.82 Å². The number of fused-ring (bicyclic) bond motifs is 1. The second-order valence-electron chi connectivity index (χ2n) is 5.93. The van der Waals surface area contributed by atoms with E-state index < -0.39 is 23.3 Å². The lowest BCUT2D eigenvalue weighted by molar-refractivity contribution is 0.0593. The first-order chi connectivity index (χ1) is 13.4. The number of nitrogen functional groups attached to an aromatic ring is 1. The van der Waals surface area contributed by atoms with Gasteiger partial charge in [-0.2, -0.15) is 5.10 Å². The number of nitrogens with one attached hydrogen (secondary N) is 1. The van der Waals surface area contributed by atoms with Crippen LogP contribution in [0, 0.1) is 0 Å². The molecule has 0 aliphatic carbocycles. The number of carbonyl (C=O) groups excluding carboxylic acids is 3. The zero-order valence-electron chi connectivity index (χ0n) is 14.5. The molecular weight excluding hydrogens is 366 g/mol. The maximum Gasteiger partial charge on any atom is 0.358 e. The Morgan fingerprint density at radius 3 is 2.43 bits per heavy atom. The molecule has 28 heavy (non-hydrogen) atoms. The first-order valence-electron chi connectivity index (χ1n) is 8.06.